The van der Waals surface area contributed by atoms with E-state index in [-0.39, 0.29) is 10.8 Å². The zero-order valence-electron chi connectivity index (χ0n) is 38.8. The smallest absolute Gasteiger partial charge is 0.0162 e. The van der Waals surface area contributed by atoms with Crippen molar-refractivity contribution in [2.75, 3.05) is 0 Å². The van der Waals surface area contributed by atoms with Crippen molar-refractivity contribution in [1.82, 2.24) is 0 Å². The zero-order chi connectivity index (χ0) is 45.5. The van der Waals surface area contributed by atoms with Gasteiger partial charge in [0.2, 0.25) is 0 Å². The fraction of sp³-hybridized carbons (Fsp3) is 0.0882. The third-order valence-electron chi connectivity index (χ3n) is 16.0. The number of rotatable bonds is 4. The number of hydrogen-bond acceptors (Lipinski definition) is 0. The van der Waals surface area contributed by atoms with Gasteiger partial charge in [-0.25, -0.2) is 0 Å². The summed E-state index contributed by atoms with van der Waals surface area (Å²) in [5.41, 5.74) is 20.9. The maximum Gasteiger partial charge on any atom is 0.0162 e. The van der Waals surface area contributed by atoms with Crippen molar-refractivity contribution in [3.8, 4) is 66.8 Å². The van der Waals surface area contributed by atoms with Crippen LogP contribution < -0.4 is 0 Å². The van der Waals surface area contributed by atoms with Crippen LogP contribution in [0, 0.1) is 0 Å². The molecule has 0 heterocycles. The predicted molar refractivity (Wildman–Crippen MR) is 291 cm³/mol. The summed E-state index contributed by atoms with van der Waals surface area (Å²) in [6.07, 6.45) is 0. The fourth-order valence-corrected chi connectivity index (χ4v) is 13.1. The lowest BCUT2D eigenvalue weighted by molar-refractivity contribution is 0.602. The molecule has 0 saturated carbocycles. The van der Waals surface area contributed by atoms with Crippen molar-refractivity contribution in [2.24, 2.45) is 0 Å². The van der Waals surface area contributed by atoms with Gasteiger partial charge in [0.15, 0.2) is 0 Å². The maximum atomic E-state index is 2.55. The van der Waals surface area contributed by atoms with E-state index < -0.39 is 0 Å². The lowest BCUT2D eigenvalue weighted by Gasteiger charge is -2.31. The van der Waals surface area contributed by atoms with E-state index in [9.17, 15) is 0 Å². The summed E-state index contributed by atoms with van der Waals surface area (Å²) in [5, 5.41) is 12.9. The molecule has 0 N–H and O–H groups in total. The Kier molecular flexibility index (Phi) is 8.19. The number of benzene rings is 12. The predicted octanol–water partition coefficient (Wildman–Crippen LogP) is 18.7. The van der Waals surface area contributed by atoms with Crippen LogP contribution in [0.3, 0.4) is 0 Å². The molecule has 2 aliphatic rings. The molecule has 0 aliphatic heterocycles. The second-order valence-electron chi connectivity index (χ2n) is 20.2. The number of hydrogen-bond donors (Lipinski definition) is 0. The molecule has 68 heavy (non-hydrogen) atoms. The van der Waals surface area contributed by atoms with Crippen molar-refractivity contribution in [1.29, 1.82) is 0 Å². The van der Waals surface area contributed by atoms with Crippen LogP contribution in [0.25, 0.3) is 121 Å². The molecule has 0 aromatic heterocycles. The fourth-order valence-electron chi connectivity index (χ4n) is 13.1. The first-order chi connectivity index (χ1) is 33.3. The highest BCUT2D eigenvalue weighted by Crippen LogP contribution is 2.63. The van der Waals surface area contributed by atoms with Crippen LogP contribution in [-0.2, 0) is 10.8 Å². The molecule has 0 fully saturated rings. The minimum Gasteiger partial charge on any atom is -0.0622 e. The van der Waals surface area contributed by atoms with Crippen molar-refractivity contribution in [3.63, 3.8) is 0 Å². The largest absolute Gasteiger partial charge is 0.0622 e. The summed E-state index contributed by atoms with van der Waals surface area (Å²) < 4.78 is 0. The van der Waals surface area contributed by atoms with Gasteiger partial charge in [-0.05, 0) is 155 Å². The second-order valence-corrected chi connectivity index (χ2v) is 20.2. The first-order valence-electron chi connectivity index (χ1n) is 24.2. The average Bonchev–Trinajstić information content (AvgIpc) is 3.76. The molecule has 0 saturated heterocycles. The number of fused-ring (bicyclic) bond motifs is 14. The molecule has 0 radical (unpaired) electrons. The van der Waals surface area contributed by atoms with E-state index in [1.165, 1.54) is 143 Å². The van der Waals surface area contributed by atoms with Gasteiger partial charge in [0.05, 0.1) is 0 Å². The third-order valence-corrected chi connectivity index (χ3v) is 16.0. The van der Waals surface area contributed by atoms with Gasteiger partial charge in [-0.15, -0.1) is 0 Å². The van der Waals surface area contributed by atoms with Crippen LogP contribution in [0.5, 0.6) is 0 Å². The van der Waals surface area contributed by atoms with Crippen LogP contribution in [0.1, 0.15) is 49.9 Å². The van der Waals surface area contributed by atoms with Gasteiger partial charge in [0.1, 0.15) is 0 Å². The van der Waals surface area contributed by atoms with Crippen molar-refractivity contribution >= 4 is 53.9 Å². The van der Waals surface area contributed by atoms with E-state index in [1.807, 2.05) is 0 Å². The SMILES string of the molecule is CC1(C)c2cc(-c3c4ccccc4c(-c4ccccc4)c4ccccc34)ccc2-c2c1c1c(c3ccccc23)-c2ccc(-c3c4ccccc4c(-c4ccccc4)c4ccccc34)cc2C1(C)C. The normalized spacial score (nSPS) is 14.1. The maximum absolute atomic E-state index is 2.55. The molecule has 0 spiro atoms. The molecule has 12 aromatic rings. The van der Waals surface area contributed by atoms with Gasteiger partial charge in [-0.3, -0.25) is 0 Å². The summed E-state index contributed by atoms with van der Waals surface area (Å²) in [7, 11) is 0. The van der Waals surface area contributed by atoms with Crippen LogP contribution >= 0.6 is 0 Å². The highest BCUT2D eigenvalue weighted by atomic mass is 14.5. The standard InChI is InChI=1S/C68H48/c1-67(2)57-39-43(61-49-29-15-11-25-45(49)59(41-21-7-5-8-22-41)46-26-12-16-30-50(46)61)35-37-55(57)63-53-33-19-20-34-54(53)64-56-38-36-44(40-58(56)68(3,4)66(64)65(63)67)62-51-31-17-13-27-47(51)60(42-23-9-6-10-24-42)48-28-14-18-32-52(48)62/h5-40H,1-4H3. The Bertz CT molecular complexity index is 3730. The van der Waals surface area contributed by atoms with Crippen molar-refractivity contribution in [3.05, 3.63) is 241 Å². The van der Waals surface area contributed by atoms with Crippen LogP contribution in [0.15, 0.2) is 218 Å². The highest BCUT2D eigenvalue weighted by molar-refractivity contribution is 6.23. The summed E-state index contributed by atoms with van der Waals surface area (Å²) in [6, 6.07) is 82.0. The molecule has 0 unspecified atom stereocenters. The molecule has 2 aliphatic carbocycles. The average molecular weight is 865 g/mol. The molecule has 320 valence electrons. The van der Waals surface area contributed by atoms with E-state index in [0.29, 0.717) is 0 Å². The van der Waals surface area contributed by atoms with Crippen LogP contribution in [-0.4, -0.2) is 0 Å². The minimum atomic E-state index is -0.272. The lowest BCUT2D eigenvalue weighted by Crippen LogP contribution is -2.24. The summed E-state index contributed by atoms with van der Waals surface area (Å²) in [6.45, 7) is 9.95. The molecule has 0 bridgehead atoms. The molecule has 12 aromatic carbocycles. The Labute approximate surface area is 397 Å². The summed E-state index contributed by atoms with van der Waals surface area (Å²) in [4.78, 5) is 0. The van der Waals surface area contributed by atoms with E-state index in [1.54, 1.807) is 0 Å². The second kappa shape index (κ2) is 14.2. The topological polar surface area (TPSA) is 0 Å². The molecule has 0 heteroatoms. The van der Waals surface area contributed by atoms with E-state index in [2.05, 4.69) is 246 Å². The lowest BCUT2D eigenvalue weighted by atomic mass is 9.71. The molecule has 14 rings (SSSR count). The quantitative estimate of drug-likeness (QED) is 0.155. The molecule has 0 nitrogen and oxygen atoms in total. The highest BCUT2D eigenvalue weighted by Gasteiger charge is 2.47. The summed E-state index contributed by atoms with van der Waals surface area (Å²) >= 11 is 0. The van der Waals surface area contributed by atoms with Crippen molar-refractivity contribution in [2.45, 2.75) is 38.5 Å². The molecular weight excluding hydrogens is 817 g/mol. The Morgan fingerprint density at radius 3 is 0.735 bits per heavy atom. The Morgan fingerprint density at radius 1 is 0.221 bits per heavy atom. The minimum absolute atomic E-state index is 0.272. The van der Waals surface area contributed by atoms with Gasteiger partial charge in [0.25, 0.3) is 0 Å². The zero-order valence-corrected chi connectivity index (χ0v) is 38.8. The van der Waals surface area contributed by atoms with Gasteiger partial charge in [-0.1, -0.05) is 234 Å². The van der Waals surface area contributed by atoms with Gasteiger partial charge in [0, 0.05) is 10.8 Å². The van der Waals surface area contributed by atoms with Crippen molar-refractivity contribution < 1.29 is 0 Å². The van der Waals surface area contributed by atoms with Gasteiger partial charge in [-0.2, -0.15) is 0 Å². The molecule has 0 atom stereocenters. The Morgan fingerprint density at radius 2 is 0.456 bits per heavy atom. The first-order valence-corrected chi connectivity index (χ1v) is 24.2. The van der Waals surface area contributed by atoms with Crippen LogP contribution in [0.2, 0.25) is 0 Å². The van der Waals surface area contributed by atoms with E-state index >= 15 is 0 Å². The first kappa shape index (κ1) is 39.1. The van der Waals surface area contributed by atoms with E-state index in [4.69, 9.17) is 0 Å². The molecular formula is C68H48. The summed E-state index contributed by atoms with van der Waals surface area (Å²) in [5.74, 6) is 0. The Balaban J connectivity index is 0.981. The monoisotopic (exact) mass is 864 g/mol. The van der Waals surface area contributed by atoms with Gasteiger partial charge < -0.3 is 0 Å². The van der Waals surface area contributed by atoms with E-state index in [0.717, 1.165) is 0 Å². The third kappa shape index (κ3) is 5.26. The van der Waals surface area contributed by atoms with Gasteiger partial charge >= 0.3 is 0 Å². The molecule has 0 amide bonds. The Hall–Kier alpha value is -8.06. The van der Waals surface area contributed by atoms with Crippen LogP contribution in [0.4, 0.5) is 0 Å².